The van der Waals surface area contributed by atoms with E-state index in [0.717, 1.165) is 25.7 Å². The summed E-state index contributed by atoms with van der Waals surface area (Å²) in [7, 11) is 1.71. The van der Waals surface area contributed by atoms with Gasteiger partial charge in [0.25, 0.3) is 0 Å². The zero-order valence-electron chi connectivity index (χ0n) is 12.2. The summed E-state index contributed by atoms with van der Waals surface area (Å²) in [5.41, 5.74) is 0. The van der Waals surface area contributed by atoms with Crippen LogP contribution in [0.3, 0.4) is 0 Å². The second kappa shape index (κ2) is 5.99. The molecule has 0 aromatic carbocycles. The first-order valence-electron chi connectivity index (χ1n) is 7.31. The van der Waals surface area contributed by atoms with Crippen molar-refractivity contribution in [2.75, 3.05) is 13.6 Å². The van der Waals surface area contributed by atoms with Crippen molar-refractivity contribution in [3.05, 3.63) is 0 Å². The molecule has 0 saturated carbocycles. The van der Waals surface area contributed by atoms with E-state index in [1.165, 1.54) is 0 Å². The standard InChI is InChI=1S/C14H24N2O4/c1-9(17)8-15(2)14(20)16-11-3-4-12(16)6-10(5-11)7-13(18)19/h9-12,17H,3-8H2,1-2H3,(H,18,19). The number of rotatable bonds is 4. The second-order valence-electron chi connectivity index (χ2n) is 6.24. The summed E-state index contributed by atoms with van der Waals surface area (Å²) >= 11 is 0. The molecule has 2 aliphatic heterocycles. The van der Waals surface area contributed by atoms with E-state index in [4.69, 9.17) is 5.11 Å². The lowest BCUT2D eigenvalue weighted by molar-refractivity contribution is -0.138. The Bertz CT molecular complexity index is 371. The molecule has 2 fully saturated rings. The summed E-state index contributed by atoms with van der Waals surface area (Å²) in [4.78, 5) is 26.8. The number of aliphatic carboxylic acids is 1. The minimum absolute atomic E-state index is 0.0350. The highest BCUT2D eigenvalue weighted by Gasteiger charge is 2.44. The number of hydrogen-bond donors (Lipinski definition) is 2. The van der Waals surface area contributed by atoms with Crippen molar-refractivity contribution >= 4 is 12.0 Å². The van der Waals surface area contributed by atoms with E-state index in [9.17, 15) is 14.7 Å². The molecular formula is C14H24N2O4. The zero-order valence-corrected chi connectivity index (χ0v) is 12.2. The van der Waals surface area contributed by atoms with Crippen molar-refractivity contribution in [1.29, 1.82) is 0 Å². The highest BCUT2D eigenvalue weighted by atomic mass is 16.4. The van der Waals surface area contributed by atoms with Gasteiger partial charge in [0.05, 0.1) is 6.10 Å². The molecule has 2 amide bonds. The number of carbonyl (C=O) groups is 2. The molecule has 2 N–H and O–H groups in total. The lowest BCUT2D eigenvalue weighted by Crippen LogP contribution is -2.52. The Hall–Kier alpha value is -1.30. The van der Waals surface area contributed by atoms with E-state index in [1.54, 1.807) is 18.9 Å². The minimum atomic E-state index is -0.750. The Labute approximate surface area is 119 Å². The number of carbonyl (C=O) groups excluding carboxylic acids is 1. The number of carboxylic acid groups (broad SMARTS) is 1. The first-order chi connectivity index (χ1) is 9.38. The molecule has 3 unspecified atom stereocenters. The molecule has 2 saturated heterocycles. The largest absolute Gasteiger partial charge is 0.481 e. The molecule has 20 heavy (non-hydrogen) atoms. The van der Waals surface area contributed by atoms with Crippen LogP contribution < -0.4 is 0 Å². The van der Waals surface area contributed by atoms with E-state index in [0.29, 0.717) is 6.54 Å². The molecule has 2 heterocycles. The number of aliphatic hydroxyl groups excluding tert-OH is 1. The summed E-state index contributed by atoms with van der Waals surface area (Å²) in [6.45, 7) is 1.99. The number of likely N-dealkylation sites (N-methyl/N-ethyl adjacent to an activating group) is 1. The molecule has 3 atom stereocenters. The van der Waals surface area contributed by atoms with E-state index >= 15 is 0 Å². The van der Waals surface area contributed by atoms with Crippen molar-refractivity contribution in [3.8, 4) is 0 Å². The van der Waals surface area contributed by atoms with Crippen LogP contribution in [-0.4, -0.2) is 63.8 Å². The molecule has 0 spiro atoms. The average Bonchev–Trinajstić information content (AvgIpc) is 2.58. The zero-order chi connectivity index (χ0) is 14.9. The third-order valence-electron chi connectivity index (χ3n) is 4.38. The highest BCUT2D eigenvalue weighted by Crippen LogP contribution is 2.40. The van der Waals surface area contributed by atoms with E-state index in [2.05, 4.69) is 0 Å². The van der Waals surface area contributed by atoms with E-state index < -0.39 is 12.1 Å². The topological polar surface area (TPSA) is 81.1 Å². The summed E-state index contributed by atoms with van der Waals surface area (Å²) in [6, 6.07) is 0.302. The van der Waals surface area contributed by atoms with Crippen molar-refractivity contribution in [2.24, 2.45) is 5.92 Å². The first-order valence-corrected chi connectivity index (χ1v) is 7.31. The Balaban J connectivity index is 1.98. The van der Waals surface area contributed by atoms with Crippen LogP contribution in [0.1, 0.15) is 39.0 Å². The Morgan fingerprint density at radius 2 is 1.85 bits per heavy atom. The van der Waals surface area contributed by atoms with Crippen molar-refractivity contribution < 1.29 is 19.8 Å². The molecule has 0 aromatic rings. The Morgan fingerprint density at radius 1 is 1.30 bits per heavy atom. The summed E-state index contributed by atoms with van der Waals surface area (Å²) in [5, 5.41) is 18.3. The number of amides is 2. The molecule has 2 aliphatic rings. The third-order valence-corrected chi connectivity index (χ3v) is 4.38. The van der Waals surface area contributed by atoms with Crippen LogP contribution in [0.15, 0.2) is 0 Å². The van der Waals surface area contributed by atoms with Gasteiger partial charge in [0.2, 0.25) is 0 Å². The highest BCUT2D eigenvalue weighted by molar-refractivity contribution is 5.75. The van der Waals surface area contributed by atoms with Crippen LogP contribution in [0.5, 0.6) is 0 Å². The molecular weight excluding hydrogens is 260 g/mol. The molecule has 0 aromatic heterocycles. The monoisotopic (exact) mass is 284 g/mol. The number of hydrogen-bond acceptors (Lipinski definition) is 3. The van der Waals surface area contributed by atoms with Gasteiger partial charge in [0.1, 0.15) is 0 Å². The minimum Gasteiger partial charge on any atom is -0.481 e. The van der Waals surface area contributed by atoms with Gasteiger partial charge in [-0.1, -0.05) is 0 Å². The van der Waals surface area contributed by atoms with E-state index in [-0.39, 0.29) is 30.5 Å². The summed E-state index contributed by atoms with van der Waals surface area (Å²) < 4.78 is 0. The molecule has 2 bridgehead atoms. The van der Waals surface area contributed by atoms with Gasteiger partial charge in [-0.3, -0.25) is 4.79 Å². The quantitative estimate of drug-likeness (QED) is 0.811. The van der Waals surface area contributed by atoms with Gasteiger partial charge in [0.15, 0.2) is 0 Å². The molecule has 0 aliphatic carbocycles. The first kappa shape index (κ1) is 15.1. The predicted octanol–water partition coefficient (Wildman–Crippen LogP) is 1.14. The molecule has 0 radical (unpaired) electrons. The predicted molar refractivity (Wildman–Crippen MR) is 73.3 cm³/mol. The van der Waals surface area contributed by atoms with Crippen molar-refractivity contribution in [3.63, 3.8) is 0 Å². The van der Waals surface area contributed by atoms with E-state index in [1.807, 2.05) is 4.90 Å². The third kappa shape index (κ3) is 3.23. The van der Waals surface area contributed by atoms with Gasteiger partial charge in [-0.2, -0.15) is 0 Å². The number of aliphatic hydroxyl groups is 1. The number of fused-ring (bicyclic) bond motifs is 2. The number of urea groups is 1. The fourth-order valence-corrected chi connectivity index (χ4v) is 3.69. The fourth-order valence-electron chi connectivity index (χ4n) is 3.69. The van der Waals surface area contributed by atoms with Gasteiger partial charge >= 0.3 is 12.0 Å². The lowest BCUT2D eigenvalue weighted by Gasteiger charge is -2.40. The number of carboxylic acids is 1. The lowest BCUT2D eigenvalue weighted by atomic mass is 9.88. The van der Waals surface area contributed by atoms with Gasteiger partial charge in [-0.05, 0) is 38.5 Å². The maximum atomic E-state index is 12.4. The molecule has 6 heteroatoms. The smallest absolute Gasteiger partial charge is 0.320 e. The van der Waals surface area contributed by atoms with Crippen molar-refractivity contribution in [1.82, 2.24) is 9.80 Å². The maximum Gasteiger partial charge on any atom is 0.320 e. The summed E-state index contributed by atoms with van der Waals surface area (Å²) in [6.07, 6.45) is 3.18. The molecule has 114 valence electrons. The van der Waals surface area contributed by atoms with Gasteiger partial charge < -0.3 is 20.0 Å². The Morgan fingerprint density at radius 3 is 2.30 bits per heavy atom. The van der Waals surface area contributed by atoms with Crippen LogP contribution in [0.25, 0.3) is 0 Å². The van der Waals surface area contributed by atoms with Gasteiger partial charge in [-0.15, -0.1) is 0 Å². The number of nitrogens with zero attached hydrogens (tertiary/aromatic N) is 2. The van der Waals surface area contributed by atoms with Gasteiger partial charge in [-0.25, -0.2) is 4.79 Å². The summed E-state index contributed by atoms with van der Waals surface area (Å²) in [5.74, 6) is -0.559. The van der Waals surface area contributed by atoms with Gasteiger partial charge in [0, 0.05) is 32.1 Å². The molecule has 2 rings (SSSR count). The van der Waals surface area contributed by atoms with Crippen LogP contribution in [0.2, 0.25) is 0 Å². The Kier molecular flexibility index (Phi) is 4.52. The van der Waals surface area contributed by atoms with Crippen LogP contribution in [0, 0.1) is 5.92 Å². The van der Waals surface area contributed by atoms with Crippen LogP contribution in [0.4, 0.5) is 4.79 Å². The van der Waals surface area contributed by atoms with Crippen LogP contribution in [-0.2, 0) is 4.79 Å². The fraction of sp³-hybridized carbons (Fsp3) is 0.857. The van der Waals surface area contributed by atoms with Crippen LogP contribution >= 0.6 is 0 Å². The normalized spacial score (nSPS) is 30.1. The maximum absolute atomic E-state index is 12.4. The SMILES string of the molecule is CC(O)CN(C)C(=O)N1C2CCC1CC(CC(=O)O)C2. The molecule has 6 nitrogen and oxygen atoms in total. The van der Waals surface area contributed by atoms with Crippen molar-refractivity contribution in [2.45, 2.75) is 57.2 Å². The average molecular weight is 284 g/mol. The second-order valence-corrected chi connectivity index (χ2v) is 6.24. The number of piperidine rings is 1.